The molecule has 0 aliphatic rings. The van der Waals surface area contributed by atoms with Crippen molar-refractivity contribution in [3.8, 4) is 12.3 Å². The molecule has 2 N–H and O–H groups in total. The van der Waals surface area contributed by atoms with E-state index in [1.807, 2.05) is 6.92 Å². The van der Waals surface area contributed by atoms with Crippen LogP contribution < -0.4 is 5.73 Å². The van der Waals surface area contributed by atoms with Gasteiger partial charge in [0.1, 0.15) is 5.56 Å². The lowest BCUT2D eigenvalue weighted by Crippen LogP contribution is -2.16. The molecule has 94 valence electrons. The summed E-state index contributed by atoms with van der Waals surface area (Å²) in [6.45, 7) is 3.54. The van der Waals surface area contributed by atoms with Crippen molar-refractivity contribution >= 4 is 11.6 Å². The molecule has 1 aromatic carbocycles. The maximum absolute atomic E-state index is 11.4. The van der Waals surface area contributed by atoms with Crippen molar-refractivity contribution in [3.05, 3.63) is 38.4 Å². The van der Waals surface area contributed by atoms with Crippen LogP contribution in [0.15, 0.2) is 6.07 Å². The molecule has 5 nitrogen and oxygen atoms in total. The quantitative estimate of drug-likeness (QED) is 0.499. The highest BCUT2D eigenvalue weighted by molar-refractivity contribution is 5.96. The summed E-state index contributed by atoms with van der Waals surface area (Å²) in [5, 5.41) is 11.2. The highest BCUT2D eigenvalue weighted by Gasteiger charge is 2.25. The molecule has 0 atom stereocenters. The van der Waals surface area contributed by atoms with Crippen LogP contribution in [-0.4, -0.2) is 10.8 Å². The topological polar surface area (TPSA) is 86.2 Å². The first kappa shape index (κ1) is 13.7. The largest absolute Gasteiger partial charge is 0.366 e. The summed E-state index contributed by atoms with van der Waals surface area (Å²) in [6.07, 6.45) is 6.18. The van der Waals surface area contributed by atoms with Gasteiger partial charge in [-0.1, -0.05) is 19.8 Å². The lowest BCUT2D eigenvalue weighted by molar-refractivity contribution is -0.385. The number of nitro groups is 1. The predicted octanol–water partition coefficient (Wildman–Crippen LogP) is 1.80. The van der Waals surface area contributed by atoms with Crippen LogP contribution in [0.5, 0.6) is 0 Å². The Kier molecular flexibility index (Phi) is 4.05. The van der Waals surface area contributed by atoms with Gasteiger partial charge >= 0.3 is 0 Å². The second-order valence-electron chi connectivity index (χ2n) is 3.76. The Morgan fingerprint density at radius 3 is 2.44 bits per heavy atom. The summed E-state index contributed by atoms with van der Waals surface area (Å²) >= 11 is 0. The standard InChI is InChI=1S/C13H14N2O3/c1-4-8-7-11(13(14)16)10(6-3)12(15(17)18)9(8)5-2/h2,7H,4,6H2,1,3H3,(H2,14,16). The number of nitrogens with two attached hydrogens (primary N) is 1. The molecule has 0 saturated carbocycles. The number of terminal acetylenes is 1. The van der Waals surface area contributed by atoms with Gasteiger partial charge in [0.2, 0.25) is 5.91 Å². The summed E-state index contributed by atoms with van der Waals surface area (Å²) in [7, 11) is 0. The van der Waals surface area contributed by atoms with Crippen molar-refractivity contribution in [2.45, 2.75) is 26.7 Å². The molecule has 0 radical (unpaired) electrons. The Balaban J connectivity index is 3.82. The van der Waals surface area contributed by atoms with Gasteiger partial charge in [-0.15, -0.1) is 6.42 Å². The van der Waals surface area contributed by atoms with E-state index in [0.717, 1.165) is 0 Å². The van der Waals surface area contributed by atoms with Gasteiger partial charge in [-0.05, 0) is 24.5 Å². The van der Waals surface area contributed by atoms with Crippen molar-refractivity contribution in [2.24, 2.45) is 5.73 Å². The zero-order valence-electron chi connectivity index (χ0n) is 10.3. The van der Waals surface area contributed by atoms with Crippen molar-refractivity contribution in [3.63, 3.8) is 0 Å². The van der Waals surface area contributed by atoms with Crippen LogP contribution in [0, 0.1) is 22.5 Å². The third kappa shape index (κ3) is 2.18. The normalized spacial score (nSPS) is 9.83. The minimum atomic E-state index is -0.673. The van der Waals surface area contributed by atoms with Crippen LogP contribution in [0.2, 0.25) is 0 Å². The van der Waals surface area contributed by atoms with Crippen LogP contribution in [-0.2, 0) is 12.8 Å². The van der Waals surface area contributed by atoms with Crippen LogP contribution in [0.4, 0.5) is 5.69 Å². The first-order valence-electron chi connectivity index (χ1n) is 5.57. The van der Waals surface area contributed by atoms with Gasteiger partial charge in [0, 0.05) is 11.1 Å². The third-order valence-corrected chi connectivity index (χ3v) is 2.81. The Morgan fingerprint density at radius 1 is 1.50 bits per heavy atom. The number of amides is 1. The zero-order valence-corrected chi connectivity index (χ0v) is 10.3. The minimum absolute atomic E-state index is 0.173. The molecule has 0 unspecified atom stereocenters. The summed E-state index contributed by atoms with van der Waals surface area (Å²) in [5.74, 6) is 1.67. The lowest BCUT2D eigenvalue weighted by atomic mass is 9.93. The molecule has 0 spiro atoms. The number of nitrogens with zero attached hydrogens (tertiary/aromatic N) is 1. The molecular weight excluding hydrogens is 232 g/mol. The second-order valence-corrected chi connectivity index (χ2v) is 3.76. The molecule has 5 heteroatoms. The molecule has 0 bridgehead atoms. The number of hydrogen-bond acceptors (Lipinski definition) is 3. The maximum Gasteiger partial charge on any atom is 0.289 e. The first-order valence-corrected chi connectivity index (χ1v) is 5.57. The summed E-state index contributed by atoms with van der Waals surface area (Å²) in [5.41, 5.74) is 6.40. The average Bonchev–Trinajstić information content (AvgIpc) is 2.35. The van der Waals surface area contributed by atoms with Gasteiger partial charge in [0.15, 0.2) is 0 Å². The number of carbonyl (C=O) groups is 1. The van der Waals surface area contributed by atoms with Gasteiger partial charge in [0.25, 0.3) is 5.69 Å². The number of hydrogen-bond donors (Lipinski definition) is 1. The molecule has 0 saturated heterocycles. The molecule has 0 aliphatic heterocycles. The van der Waals surface area contributed by atoms with E-state index in [1.165, 1.54) is 0 Å². The summed E-state index contributed by atoms with van der Waals surface area (Å²) in [6, 6.07) is 1.56. The monoisotopic (exact) mass is 246 g/mol. The van der Waals surface area contributed by atoms with E-state index in [0.29, 0.717) is 24.0 Å². The predicted molar refractivity (Wildman–Crippen MR) is 68.3 cm³/mol. The van der Waals surface area contributed by atoms with E-state index in [4.69, 9.17) is 12.2 Å². The van der Waals surface area contributed by atoms with Crippen LogP contribution in [0.25, 0.3) is 0 Å². The van der Waals surface area contributed by atoms with E-state index in [2.05, 4.69) is 5.92 Å². The van der Waals surface area contributed by atoms with Gasteiger partial charge < -0.3 is 5.73 Å². The number of rotatable bonds is 4. The first-order chi connectivity index (χ1) is 8.47. The fraction of sp³-hybridized carbons (Fsp3) is 0.308. The lowest BCUT2D eigenvalue weighted by Gasteiger charge is -2.11. The SMILES string of the molecule is C#Cc1c(CC)cc(C(N)=O)c(CC)c1[N+](=O)[O-]. The van der Waals surface area contributed by atoms with Gasteiger partial charge in [-0.25, -0.2) is 0 Å². The smallest absolute Gasteiger partial charge is 0.289 e. The van der Waals surface area contributed by atoms with Crippen molar-refractivity contribution in [2.75, 3.05) is 0 Å². The van der Waals surface area contributed by atoms with Crippen molar-refractivity contribution < 1.29 is 9.72 Å². The Hall–Kier alpha value is -2.35. The van der Waals surface area contributed by atoms with E-state index in [9.17, 15) is 14.9 Å². The number of nitro benzene ring substituents is 1. The number of benzene rings is 1. The van der Waals surface area contributed by atoms with E-state index >= 15 is 0 Å². The molecule has 1 aromatic rings. The van der Waals surface area contributed by atoms with Crippen LogP contribution in [0.3, 0.4) is 0 Å². The second kappa shape index (κ2) is 5.32. The van der Waals surface area contributed by atoms with Crippen molar-refractivity contribution in [1.29, 1.82) is 0 Å². The molecular formula is C13H14N2O3. The highest BCUT2D eigenvalue weighted by atomic mass is 16.6. The van der Waals surface area contributed by atoms with Crippen molar-refractivity contribution in [1.82, 2.24) is 0 Å². The third-order valence-electron chi connectivity index (χ3n) is 2.81. The maximum atomic E-state index is 11.4. The average molecular weight is 246 g/mol. The molecule has 0 heterocycles. The Labute approximate surface area is 105 Å². The molecule has 0 fully saturated rings. The summed E-state index contributed by atoms with van der Waals surface area (Å²) in [4.78, 5) is 22.0. The molecule has 18 heavy (non-hydrogen) atoms. The van der Waals surface area contributed by atoms with Gasteiger partial charge in [0.05, 0.1) is 4.92 Å². The van der Waals surface area contributed by atoms with Gasteiger partial charge in [-0.3, -0.25) is 14.9 Å². The number of aryl methyl sites for hydroxylation is 1. The van der Waals surface area contributed by atoms with E-state index in [-0.39, 0.29) is 16.8 Å². The molecule has 1 rings (SSSR count). The summed E-state index contributed by atoms with van der Waals surface area (Å²) < 4.78 is 0. The zero-order chi connectivity index (χ0) is 13.9. The van der Waals surface area contributed by atoms with Gasteiger partial charge in [-0.2, -0.15) is 0 Å². The van der Waals surface area contributed by atoms with E-state index < -0.39 is 10.8 Å². The molecule has 0 aliphatic carbocycles. The van der Waals surface area contributed by atoms with Crippen LogP contribution in [0.1, 0.15) is 40.9 Å². The minimum Gasteiger partial charge on any atom is -0.366 e. The molecule has 0 aromatic heterocycles. The Bertz CT molecular complexity index is 556. The molecule has 1 amide bonds. The highest BCUT2D eigenvalue weighted by Crippen LogP contribution is 2.30. The fourth-order valence-electron chi connectivity index (χ4n) is 1.98. The van der Waals surface area contributed by atoms with E-state index in [1.54, 1.807) is 13.0 Å². The van der Waals surface area contributed by atoms with Crippen LogP contribution >= 0.6 is 0 Å². The fourth-order valence-corrected chi connectivity index (χ4v) is 1.98. The Morgan fingerprint density at radius 2 is 2.11 bits per heavy atom. The number of carbonyl (C=O) groups excluding carboxylic acids is 1. The number of primary amides is 1.